The van der Waals surface area contributed by atoms with Crippen LogP contribution in [-0.2, 0) is 6.54 Å². The van der Waals surface area contributed by atoms with Gasteiger partial charge in [-0.1, -0.05) is 12.1 Å². The third kappa shape index (κ3) is 2.96. The van der Waals surface area contributed by atoms with Gasteiger partial charge in [0.15, 0.2) is 0 Å². The molecule has 0 saturated heterocycles. The SMILES string of the molecule is COc1ccccc1C(=O)N(C)Cc1ccc(C)o1. The first-order valence-electron chi connectivity index (χ1n) is 6.05. The molecule has 0 N–H and O–H groups in total. The van der Waals surface area contributed by atoms with Crippen LogP contribution in [0.25, 0.3) is 0 Å². The normalized spacial score (nSPS) is 10.3. The molecule has 1 aromatic heterocycles. The molecule has 19 heavy (non-hydrogen) atoms. The van der Waals surface area contributed by atoms with Crippen LogP contribution in [0.4, 0.5) is 0 Å². The molecule has 4 nitrogen and oxygen atoms in total. The van der Waals surface area contributed by atoms with Crippen molar-refractivity contribution in [2.45, 2.75) is 13.5 Å². The van der Waals surface area contributed by atoms with Gasteiger partial charge in [-0.3, -0.25) is 4.79 Å². The number of ether oxygens (including phenoxy) is 1. The minimum atomic E-state index is -0.0912. The van der Waals surface area contributed by atoms with Crippen LogP contribution in [0.5, 0.6) is 5.75 Å². The van der Waals surface area contributed by atoms with Crippen LogP contribution >= 0.6 is 0 Å². The van der Waals surface area contributed by atoms with Gasteiger partial charge in [0, 0.05) is 7.05 Å². The summed E-state index contributed by atoms with van der Waals surface area (Å²) in [5.74, 6) is 2.10. The second-order valence-electron chi connectivity index (χ2n) is 4.37. The monoisotopic (exact) mass is 259 g/mol. The molecule has 100 valence electrons. The Kier molecular flexibility index (Phi) is 3.90. The number of para-hydroxylation sites is 1. The molecular formula is C15H17NO3. The summed E-state index contributed by atoms with van der Waals surface area (Å²) in [6, 6.07) is 11.0. The first kappa shape index (κ1) is 13.2. The zero-order chi connectivity index (χ0) is 13.8. The lowest BCUT2D eigenvalue weighted by atomic mass is 10.1. The number of benzene rings is 1. The quantitative estimate of drug-likeness (QED) is 0.848. The van der Waals surface area contributed by atoms with Crippen molar-refractivity contribution in [1.82, 2.24) is 4.90 Å². The van der Waals surface area contributed by atoms with Crippen molar-refractivity contribution in [3.63, 3.8) is 0 Å². The van der Waals surface area contributed by atoms with E-state index in [4.69, 9.17) is 9.15 Å². The maximum absolute atomic E-state index is 12.3. The lowest BCUT2D eigenvalue weighted by molar-refractivity contribution is 0.0771. The lowest BCUT2D eigenvalue weighted by Gasteiger charge is -2.17. The number of amides is 1. The largest absolute Gasteiger partial charge is 0.496 e. The number of carbonyl (C=O) groups excluding carboxylic acids is 1. The van der Waals surface area contributed by atoms with Gasteiger partial charge in [0.2, 0.25) is 0 Å². The zero-order valence-corrected chi connectivity index (χ0v) is 11.3. The third-order valence-electron chi connectivity index (χ3n) is 2.87. The van der Waals surface area contributed by atoms with E-state index in [1.165, 1.54) is 0 Å². The van der Waals surface area contributed by atoms with Crippen molar-refractivity contribution in [3.05, 3.63) is 53.5 Å². The molecule has 0 unspecified atom stereocenters. The summed E-state index contributed by atoms with van der Waals surface area (Å²) in [5, 5.41) is 0. The number of rotatable bonds is 4. The summed E-state index contributed by atoms with van der Waals surface area (Å²) < 4.78 is 10.7. The molecule has 0 aliphatic heterocycles. The van der Waals surface area contributed by atoms with Gasteiger partial charge in [-0.25, -0.2) is 0 Å². The van der Waals surface area contributed by atoms with Crippen LogP contribution in [0.15, 0.2) is 40.8 Å². The average Bonchev–Trinajstić information content (AvgIpc) is 2.83. The number of furan rings is 1. The number of nitrogens with zero attached hydrogens (tertiary/aromatic N) is 1. The Labute approximate surface area is 112 Å². The van der Waals surface area contributed by atoms with E-state index in [0.717, 1.165) is 11.5 Å². The average molecular weight is 259 g/mol. The summed E-state index contributed by atoms with van der Waals surface area (Å²) in [6.07, 6.45) is 0. The van der Waals surface area contributed by atoms with Gasteiger partial charge in [0.1, 0.15) is 17.3 Å². The first-order valence-corrected chi connectivity index (χ1v) is 6.05. The van der Waals surface area contributed by atoms with Crippen LogP contribution in [0.2, 0.25) is 0 Å². The molecule has 0 atom stereocenters. The van der Waals surface area contributed by atoms with Gasteiger partial charge in [-0.05, 0) is 31.2 Å². The maximum Gasteiger partial charge on any atom is 0.257 e. The van der Waals surface area contributed by atoms with Crippen molar-refractivity contribution in [1.29, 1.82) is 0 Å². The third-order valence-corrected chi connectivity index (χ3v) is 2.87. The van der Waals surface area contributed by atoms with Gasteiger partial charge >= 0.3 is 0 Å². The Morgan fingerprint density at radius 3 is 2.63 bits per heavy atom. The standard InChI is InChI=1S/C15H17NO3/c1-11-8-9-12(19-11)10-16(2)15(17)13-6-4-5-7-14(13)18-3/h4-9H,10H2,1-3H3. The van der Waals surface area contributed by atoms with Gasteiger partial charge < -0.3 is 14.1 Å². The minimum Gasteiger partial charge on any atom is -0.496 e. The van der Waals surface area contributed by atoms with Crippen molar-refractivity contribution in [3.8, 4) is 5.75 Å². The Balaban J connectivity index is 2.14. The van der Waals surface area contributed by atoms with Crippen LogP contribution < -0.4 is 4.74 Å². The van der Waals surface area contributed by atoms with Gasteiger partial charge in [0.05, 0.1) is 19.2 Å². The fourth-order valence-electron chi connectivity index (χ4n) is 1.90. The zero-order valence-electron chi connectivity index (χ0n) is 11.3. The van der Waals surface area contributed by atoms with E-state index in [1.807, 2.05) is 31.2 Å². The van der Waals surface area contributed by atoms with Gasteiger partial charge in [-0.15, -0.1) is 0 Å². The van der Waals surface area contributed by atoms with E-state index in [1.54, 1.807) is 31.2 Å². The molecule has 0 radical (unpaired) electrons. The summed E-state index contributed by atoms with van der Waals surface area (Å²) in [4.78, 5) is 13.9. The van der Waals surface area contributed by atoms with Gasteiger partial charge in [0.25, 0.3) is 5.91 Å². The number of hydrogen-bond acceptors (Lipinski definition) is 3. The number of aryl methyl sites for hydroxylation is 1. The summed E-state index contributed by atoms with van der Waals surface area (Å²) in [7, 11) is 3.30. The van der Waals surface area contributed by atoms with Crippen molar-refractivity contribution in [2.24, 2.45) is 0 Å². The van der Waals surface area contributed by atoms with E-state index in [-0.39, 0.29) is 5.91 Å². The predicted octanol–water partition coefficient (Wildman–Crippen LogP) is 2.87. The van der Waals surface area contributed by atoms with Crippen molar-refractivity contribution < 1.29 is 13.9 Å². The summed E-state index contributed by atoms with van der Waals surface area (Å²) >= 11 is 0. The Hall–Kier alpha value is -2.23. The Morgan fingerprint density at radius 1 is 1.26 bits per heavy atom. The lowest BCUT2D eigenvalue weighted by Crippen LogP contribution is -2.26. The van der Waals surface area contributed by atoms with Crippen LogP contribution in [0, 0.1) is 6.92 Å². The van der Waals surface area contributed by atoms with E-state index >= 15 is 0 Å². The summed E-state index contributed by atoms with van der Waals surface area (Å²) in [5.41, 5.74) is 0.552. The molecule has 1 aromatic carbocycles. The van der Waals surface area contributed by atoms with E-state index in [0.29, 0.717) is 17.9 Å². The molecule has 0 fully saturated rings. The molecule has 2 rings (SSSR count). The fraction of sp³-hybridized carbons (Fsp3) is 0.267. The van der Waals surface area contributed by atoms with Crippen LogP contribution in [-0.4, -0.2) is 25.0 Å². The van der Waals surface area contributed by atoms with Gasteiger partial charge in [-0.2, -0.15) is 0 Å². The highest BCUT2D eigenvalue weighted by molar-refractivity contribution is 5.96. The van der Waals surface area contributed by atoms with E-state index in [2.05, 4.69) is 0 Å². The number of carbonyl (C=O) groups is 1. The molecule has 1 heterocycles. The molecule has 0 spiro atoms. The predicted molar refractivity (Wildman–Crippen MR) is 72.2 cm³/mol. The number of methoxy groups -OCH3 is 1. The second-order valence-corrected chi connectivity index (χ2v) is 4.37. The Morgan fingerprint density at radius 2 is 2.00 bits per heavy atom. The summed E-state index contributed by atoms with van der Waals surface area (Å²) in [6.45, 7) is 2.32. The topological polar surface area (TPSA) is 42.7 Å². The minimum absolute atomic E-state index is 0.0912. The highest BCUT2D eigenvalue weighted by atomic mass is 16.5. The molecule has 1 amide bonds. The first-order chi connectivity index (χ1) is 9.11. The maximum atomic E-state index is 12.3. The second kappa shape index (κ2) is 5.61. The fourth-order valence-corrected chi connectivity index (χ4v) is 1.90. The Bertz CT molecular complexity index is 574. The number of hydrogen-bond donors (Lipinski definition) is 0. The smallest absolute Gasteiger partial charge is 0.257 e. The van der Waals surface area contributed by atoms with Crippen LogP contribution in [0.3, 0.4) is 0 Å². The van der Waals surface area contributed by atoms with E-state index in [9.17, 15) is 4.79 Å². The molecule has 4 heteroatoms. The molecule has 0 bridgehead atoms. The highest BCUT2D eigenvalue weighted by Crippen LogP contribution is 2.20. The van der Waals surface area contributed by atoms with Crippen molar-refractivity contribution >= 4 is 5.91 Å². The van der Waals surface area contributed by atoms with E-state index < -0.39 is 0 Å². The molecule has 0 aliphatic rings. The molecule has 0 saturated carbocycles. The van der Waals surface area contributed by atoms with Crippen molar-refractivity contribution in [2.75, 3.05) is 14.2 Å². The van der Waals surface area contributed by atoms with Crippen LogP contribution in [0.1, 0.15) is 21.9 Å². The molecule has 2 aromatic rings. The molecule has 0 aliphatic carbocycles. The molecular weight excluding hydrogens is 242 g/mol. The highest BCUT2D eigenvalue weighted by Gasteiger charge is 2.17.